The van der Waals surface area contributed by atoms with Crippen molar-refractivity contribution >= 4 is 17.8 Å². The summed E-state index contributed by atoms with van der Waals surface area (Å²) in [5.74, 6) is 1.18. The van der Waals surface area contributed by atoms with Crippen molar-refractivity contribution < 1.29 is 34.1 Å². The van der Waals surface area contributed by atoms with E-state index in [9.17, 15) is 14.4 Å². The molecular weight excluding hydrogens is 666 g/mol. The molecule has 2 saturated carbocycles. The third kappa shape index (κ3) is 10.3. The molecule has 0 spiro atoms. The van der Waals surface area contributed by atoms with Gasteiger partial charge in [-0.2, -0.15) is 0 Å². The van der Waals surface area contributed by atoms with Crippen LogP contribution in [0.3, 0.4) is 0 Å². The molecule has 1 aliphatic heterocycles. The molecule has 4 aromatic carbocycles. The number of nitrogens with zero attached hydrogens (tertiary/aromatic N) is 1. The summed E-state index contributed by atoms with van der Waals surface area (Å²) in [6.45, 7) is 5.40. The van der Waals surface area contributed by atoms with Gasteiger partial charge in [-0.1, -0.05) is 62.4 Å². The van der Waals surface area contributed by atoms with Crippen LogP contribution in [0.5, 0.6) is 11.5 Å². The van der Waals surface area contributed by atoms with Crippen molar-refractivity contribution in [1.82, 2.24) is 4.90 Å². The Morgan fingerprint density at radius 1 is 0.528 bits per heavy atom. The van der Waals surface area contributed by atoms with E-state index in [4.69, 9.17) is 19.7 Å². The van der Waals surface area contributed by atoms with E-state index in [-0.39, 0.29) is 12.5 Å². The molecule has 278 valence electrons. The minimum Gasteiger partial charge on any atom is -0.490 e. The zero-order chi connectivity index (χ0) is 37.3. The second-order valence-corrected chi connectivity index (χ2v) is 15.1. The minimum absolute atomic E-state index is 0.101. The normalized spacial score (nSPS) is 22.6. The first-order valence-corrected chi connectivity index (χ1v) is 19.1. The topological polar surface area (TPSA) is 113 Å². The van der Waals surface area contributed by atoms with Gasteiger partial charge in [-0.25, -0.2) is 4.79 Å². The lowest BCUT2D eigenvalue weighted by Crippen LogP contribution is -2.29. The molecule has 0 bridgehead atoms. The van der Waals surface area contributed by atoms with Crippen LogP contribution in [0, 0.1) is 17.8 Å². The average molecular weight is 718 g/mol. The van der Waals surface area contributed by atoms with Crippen LogP contribution in [0.1, 0.15) is 92.4 Å². The molecule has 2 aliphatic carbocycles. The fourth-order valence-electron chi connectivity index (χ4n) is 7.47. The zero-order valence-electron chi connectivity index (χ0n) is 30.8. The van der Waals surface area contributed by atoms with Crippen molar-refractivity contribution in [3.05, 3.63) is 108 Å². The van der Waals surface area contributed by atoms with Gasteiger partial charge in [0.1, 0.15) is 11.5 Å². The zero-order valence-corrected chi connectivity index (χ0v) is 30.8. The van der Waals surface area contributed by atoms with Gasteiger partial charge >= 0.3 is 11.9 Å². The molecule has 2 N–H and O–H groups in total. The van der Waals surface area contributed by atoms with Crippen LogP contribution in [-0.2, 0) is 4.79 Å². The lowest BCUT2D eigenvalue weighted by Gasteiger charge is -2.26. The molecule has 8 nitrogen and oxygen atoms in total. The third-order valence-electron chi connectivity index (χ3n) is 11.0. The summed E-state index contributed by atoms with van der Waals surface area (Å²) < 4.78 is 12.2. The van der Waals surface area contributed by atoms with Gasteiger partial charge < -0.3 is 24.6 Å². The summed E-state index contributed by atoms with van der Waals surface area (Å²) in [5.41, 5.74) is 5.08. The largest absolute Gasteiger partial charge is 0.490 e. The Bertz CT molecular complexity index is 1800. The predicted octanol–water partition coefficient (Wildman–Crippen LogP) is 9.87. The van der Waals surface area contributed by atoms with E-state index < -0.39 is 17.9 Å². The van der Waals surface area contributed by atoms with Crippen LogP contribution < -0.4 is 9.47 Å². The average Bonchev–Trinajstić information content (AvgIpc) is 3.69. The fraction of sp³-hybridized carbons (Fsp3) is 0.400. The van der Waals surface area contributed by atoms with Crippen molar-refractivity contribution in [1.29, 1.82) is 0 Å². The van der Waals surface area contributed by atoms with Crippen LogP contribution in [0.4, 0.5) is 0 Å². The van der Waals surface area contributed by atoms with Crippen molar-refractivity contribution in [2.45, 2.75) is 83.8 Å². The van der Waals surface area contributed by atoms with Crippen LogP contribution in [0.25, 0.3) is 22.3 Å². The standard InChI is InChI=1S/C25H29NO4.C20H22O3/c1-17-2-10-22(11-3-17)30-23-12-8-19(9-13-23)18-4-6-20(7-5-18)24(27)26-15-14-21(16-26)25(28)29;1-14-2-10-18(11-3-14)23-19-12-8-16(9-13-19)15-4-6-17(7-5-15)20(21)22/h4-9,12-13,17,21-22H,2-3,10-11,14-16H2,1H3,(H,28,29);4-9,12-14,18H,2-3,10-11H2,1H3,(H,21,22)/t17?,21-,22?;/m0./s1. The van der Waals surface area contributed by atoms with Gasteiger partial charge in [0.25, 0.3) is 5.91 Å². The molecule has 0 aromatic heterocycles. The van der Waals surface area contributed by atoms with Gasteiger partial charge in [0.2, 0.25) is 0 Å². The summed E-state index contributed by atoms with van der Waals surface area (Å²) in [6.07, 6.45) is 10.7. The number of benzene rings is 4. The molecule has 1 amide bonds. The van der Waals surface area contributed by atoms with Gasteiger partial charge in [-0.05, 0) is 140 Å². The molecule has 0 radical (unpaired) electrons. The molecular formula is C45H51NO7. The number of carbonyl (C=O) groups excluding carboxylic acids is 1. The summed E-state index contributed by atoms with van der Waals surface area (Å²) in [6, 6.07) is 30.6. The molecule has 1 heterocycles. The van der Waals surface area contributed by atoms with E-state index in [2.05, 4.69) is 26.0 Å². The lowest BCUT2D eigenvalue weighted by atomic mass is 9.89. The fourth-order valence-corrected chi connectivity index (χ4v) is 7.47. The Morgan fingerprint density at radius 3 is 1.26 bits per heavy atom. The number of carboxylic acids is 2. The molecule has 0 unspecified atom stereocenters. The first-order valence-electron chi connectivity index (χ1n) is 19.1. The monoisotopic (exact) mass is 717 g/mol. The first kappa shape index (κ1) is 37.6. The Kier molecular flexibility index (Phi) is 12.5. The van der Waals surface area contributed by atoms with E-state index in [1.54, 1.807) is 17.0 Å². The number of hydrogen-bond donors (Lipinski definition) is 2. The van der Waals surface area contributed by atoms with Crippen molar-refractivity contribution in [3.8, 4) is 33.8 Å². The van der Waals surface area contributed by atoms with Crippen LogP contribution in [-0.4, -0.2) is 58.3 Å². The number of carbonyl (C=O) groups is 3. The highest BCUT2D eigenvalue weighted by atomic mass is 16.5. The number of ether oxygens (including phenoxy) is 2. The highest BCUT2D eigenvalue weighted by molar-refractivity contribution is 5.95. The number of hydrogen-bond acceptors (Lipinski definition) is 5. The van der Waals surface area contributed by atoms with Crippen molar-refractivity contribution in [2.24, 2.45) is 17.8 Å². The van der Waals surface area contributed by atoms with Gasteiger partial charge in [0.15, 0.2) is 0 Å². The number of aliphatic carboxylic acids is 1. The lowest BCUT2D eigenvalue weighted by molar-refractivity contribution is -0.141. The highest BCUT2D eigenvalue weighted by Gasteiger charge is 2.31. The molecule has 8 heteroatoms. The maximum absolute atomic E-state index is 12.6. The second kappa shape index (κ2) is 17.6. The smallest absolute Gasteiger partial charge is 0.335 e. The van der Waals surface area contributed by atoms with E-state index in [0.717, 1.165) is 71.3 Å². The number of carboxylic acid groups (broad SMARTS) is 2. The van der Waals surface area contributed by atoms with Crippen molar-refractivity contribution in [3.63, 3.8) is 0 Å². The predicted molar refractivity (Wildman–Crippen MR) is 206 cm³/mol. The summed E-state index contributed by atoms with van der Waals surface area (Å²) >= 11 is 0. The van der Waals surface area contributed by atoms with Gasteiger partial charge in [0.05, 0.1) is 23.7 Å². The van der Waals surface area contributed by atoms with Gasteiger partial charge in [0, 0.05) is 18.7 Å². The van der Waals surface area contributed by atoms with Crippen LogP contribution in [0.2, 0.25) is 0 Å². The minimum atomic E-state index is -0.901. The maximum Gasteiger partial charge on any atom is 0.335 e. The summed E-state index contributed by atoms with van der Waals surface area (Å²) in [7, 11) is 0. The number of likely N-dealkylation sites (tertiary alicyclic amines) is 1. The molecule has 53 heavy (non-hydrogen) atoms. The highest BCUT2D eigenvalue weighted by Crippen LogP contribution is 2.31. The summed E-state index contributed by atoms with van der Waals surface area (Å²) in [4.78, 5) is 36.3. The third-order valence-corrected chi connectivity index (χ3v) is 11.0. The van der Waals surface area contributed by atoms with E-state index in [1.807, 2.05) is 72.8 Å². The molecule has 1 saturated heterocycles. The van der Waals surface area contributed by atoms with E-state index >= 15 is 0 Å². The Balaban J connectivity index is 0.000000188. The first-order chi connectivity index (χ1) is 25.6. The summed E-state index contributed by atoms with van der Waals surface area (Å²) in [5, 5.41) is 18.1. The number of amides is 1. The molecule has 3 fully saturated rings. The number of aromatic carboxylic acids is 1. The molecule has 1 atom stereocenters. The van der Waals surface area contributed by atoms with Gasteiger partial charge in [-0.3, -0.25) is 9.59 Å². The Hall–Kier alpha value is -5.11. The van der Waals surface area contributed by atoms with E-state index in [1.165, 1.54) is 25.7 Å². The van der Waals surface area contributed by atoms with Crippen LogP contribution >= 0.6 is 0 Å². The molecule has 4 aromatic rings. The molecule has 3 aliphatic rings. The Labute approximate surface area is 312 Å². The SMILES string of the molecule is CC1CCC(Oc2ccc(-c3ccc(C(=O)N4CC[C@H](C(=O)O)C4)cc3)cc2)CC1.CC1CCC(Oc2ccc(-c3ccc(C(=O)O)cc3)cc2)CC1. The number of rotatable bonds is 9. The molecule has 7 rings (SSSR count). The maximum atomic E-state index is 12.6. The second-order valence-electron chi connectivity index (χ2n) is 15.1. The van der Waals surface area contributed by atoms with Crippen molar-refractivity contribution in [2.75, 3.05) is 13.1 Å². The van der Waals surface area contributed by atoms with Crippen LogP contribution in [0.15, 0.2) is 97.1 Å². The van der Waals surface area contributed by atoms with E-state index in [0.29, 0.717) is 36.3 Å². The Morgan fingerprint density at radius 2 is 0.906 bits per heavy atom. The van der Waals surface area contributed by atoms with Gasteiger partial charge in [-0.15, -0.1) is 0 Å². The quantitative estimate of drug-likeness (QED) is 0.177.